The van der Waals surface area contributed by atoms with Crippen LogP contribution in [0.2, 0.25) is 0 Å². The first kappa shape index (κ1) is 14.4. The molecule has 3 saturated carbocycles. The van der Waals surface area contributed by atoms with Gasteiger partial charge in [-0.2, -0.15) is 0 Å². The molecule has 3 rings (SSSR count). The molecule has 0 unspecified atom stereocenters. The molecular formula is C18H34. The molecule has 0 heteroatoms. The molecule has 0 aromatic rings. The third kappa shape index (κ3) is 2.63. The van der Waals surface area contributed by atoms with Gasteiger partial charge in [0.1, 0.15) is 0 Å². The van der Waals surface area contributed by atoms with Crippen molar-refractivity contribution in [2.24, 2.45) is 16.2 Å². The van der Waals surface area contributed by atoms with Crippen molar-refractivity contribution >= 4 is 0 Å². The molecule has 3 aliphatic rings. The van der Waals surface area contributed by atoms with Crippen molar-refractivity contribution in [3.05, 3.63) is 0 Å². The van der Waals surface area contributed by atoms with Crippen LogP contribution in [-0.4, -0.2) is 0 Å². The van der Waals surface area contributed by atoms with Gasteiger partial charge in [-0.1, -0.05) is 53.4 Å². The molecule has 0 heterocycles. The Balaban J connectivity index is 2.02. The number of hydrogen-bond acceptors (Lipinski definition) is 0. The van der Waals surface area contributed by atoms with E-state index in [0.29, 0.717) is 10.8 Å². The van der Waals surface area contributed by atoms with E-state index in [9.17, 15) is 0 Å². The maximum Gasteiger partial charge on any atom is -0.0248 e. The second kappa shape index (κ2) is 5.17. The molecule has 0 amide bonds. The Kier molecular flexibility index (Phi) is 4.14. The first-order valence-corrected chi connectivity index (χ1v) is 8.43. The Morgan fingerprint density at radius 3 is 2.06 bits per heavy atom. The lowest BCUT2D eigenvalue weighted by atomic mass is 9.55. The Morgan fingerprint density at radius 2 is 1.50 bits per heavy atom. The minimum absolute atomic E-state index is 0.521. The predicted molar refractivity (Wildman–Crippen MR) is 80.8 cm³/mol. The standard InChI is InChI=1S/C18H34/c1-5-6-7-9-17-10-8-11-18(14-12-17,15-13-17)16(2,3)4/h5-15H2,1-4H3. The molecule has 0 aromatic carbocycles. The number of rotatable bonds is 4. The Hall–Kier alpha value is 0. The van der Waals surface area contributed by atoms with Crippen LogP contribution in [0.4, 0.5) is 0 Å². The summed E-state index contributed by atoms with van der Waals surface area (Å²) in [7, 11) is 0. The average Bonchev–Trinajstić information content (AvgIpc) is 2.60. The van der Waals surface area contributed by atoms with Crippen molar-refractivity contribution in [2.45, 2.75) is 98.3 Å². The summed E-state index contributed by atoms with van der Waals surface area (Å²) in [5.74, 6) is 0. The van der Waals surface area contributed by atoms with Crippen LogP contribution in [0.25, 0.3) is 0 Å². The normalized spacial score (nSPS) is 36.7. The maximum atomic E-state index is 2.49. The summed E-state index contributed by atoms with van der Waals surface area (Å²) in [6.07, 6.45) is 16.5. The molecule has 0 spiro atoms. The van der Waals surface area contributed by atoms with Crippen LogP contribution in [0.1, 0.15) is 98.3 Å². The molecule has 0 radical (unpaired) electrons. The molecule has 0 saturated heterocycles. The van der Waals surface area contributed by atoms with Crippen LogP contribution >= 0.6 is 0 Å². The van der Waals surface area contributed by atoms with E-state index in [1.165, 1.54) is 70.6 Å². The zero-order valence-corrected chi connectivity index (χ0v) is 13.3. The van der Waals surface area contributed by atoms with E-state index < -0.39 is 0 Å². The largest absolute Gasteiger partial charge is 0.0654 e. The summed E-state index contributed by atoms with van der Waals surface area (Å²) in [5.41, 5.74) is 1.96. The van der Waals surface area contributed by atoms with E-state index in [4.69, 9.17) is 0 Å². The molecular weight excluding hydrogens is 216 g/mol. The van der Waals surface area contributed by atoms with Gasteiger partial charge in [0.05, 0.1) is 0 Å². The molecule has 0 nitrogen and oxygen atoms in total. The van der Waals surface area contributed by atoms with Crippen LogP contribution in [-0.2, 0) is 0 Å². The van der Waals surface area contributed by atoms with Crippen molar-refractivity contribution < 1.29 is 0 Å². The smallest absolute Gasteiger partial charge is 0.0248 e. The van der Waals surface area contributed by atoms with E-state index >= 15 is 0 Å². The van der Waals surface area contributed by atoms with Gasteiger partial charge in [-0.25, -0.2) is 0 Å². The van der Waals surface area contributed by atoms with E-state index in [1.807, 2.05) is 0 Å². The van der Waals surface area contributed by atoms with E-state index in [0.717, 1.165) is 5.41 Å². The molecule has 2 bridgehead atoms. The molecule has 0 N–H and O–H groups in total. The molecule has 3 fully saturated rings. The Labute approximate surface area is 115 Å². The monoisotopic (exact) mass is 250 g/mol. The molecule has 106 valence electrons. The van der Waals surface area contributed by atoms with Gasteiger partial charge < -0.3 is 0 Å². The van der Waals surface area contributed by atoms with E-state index in [-0.39, 0.29) is 0 Å². The fourth-order valence-corrected chi connectivity index (χ4v) is 4.81. The van der Waals surface area contributed by atoms with Crippen molar-refractivity contribution in [3.8, 4) is 0 Å². The second-order valence-electron chi connectivity index (χ2n) is 8.34. The molecule has 3 aliphatic carbocycles. The van der Waals surface area contributed by atoms with Crippen molar-refractivity contribution in [1.29, 1.82) is 0 Å². The zero-order valence-electron chi connectivity index (χ0n) is 13.3. The minimum Gasteiger partial charge on any atom is -0.0654 e. The Morgan fingerprint density at radius 1 is 0.833 bits per heavy atom. The first-order valence-electron chi connectivity index (χ1n) is 8.43. The van der Waals surface area contributed by atoms with Gasteiger partial charge in [0.15, 0.2) is 0 Å². The van der Waals surface area contributed by atoms with Crippen LogP contribution in [0.3, 0.4) is 0 Å². The van der Waals surface area contributed by atoms with E-state index in [2.05, 4.69) is 27.7 Å². The van der Waals surface area contributed by atoms with Gasteiger partial charge >= 0.3 is 0 Å². The fraction of sp³-hybridized carbons (Fsp3) is 1.00. The predicted octanol–water partition coefficient (Wildman–Crippen LogP) is 6.34. The number of hydrogen-bond donors (Lipinski definition) is 0. The zero-order chi connectivity index (χ0) is 13.3. The van der Waals surface area contributed by atoms with Crippen LogP contribution < -0.4 is 0 Å². The number of unbranched alkanes of at least 4 members (excludes halogenated alkanes) is 2. The van der Waals surface area contributed by atoms with Gasteiger partial charge in [0.2, 0.25) is 0 Å². The van der Waals surface area contributed by atoms with Gasteiger partial charge in [-0.05, 0) is 61.2 Å². The summed E-state index contributed by atoms with van der Waals surface area (Å²) in [6, 6.07) is 0. The molecule has 18 heavy (non-hydrogen) atoms. The first-order chi connectivity index (χ1) is 8.43. The molecule has 0 atom stereocenters. The second-order valence-corrected chi connectivity index (χ2v) is 8.34. The number of fused-ring (bicyclic) bond motifs is 4. The van der Waals surface area contributed by atoms with E-state index in [1.54, 1.807) is 0 Å². The summed E-state index contributed by atoms with van der Waals surface area (Å²) < 4.78 is 0. The minimum atomic E-state index is 0.521. The third-order valence-corrected chi connectivity index (χ3v) is 6.53. The van der Waals surface area contributed by atoms with Crippen LogP contribution in [0, 0.1) is 16.2 Å². The van der Waals surface area contributed by atoms with Gasteiger partial charge in [0, 0.05) is 0 Å². The quantitative estimate of drug-likeness (QED) is 0.510. The van der Waals surface area contributed by atoms with Crippen molar-refractivity contribution in [1.82, 2.24) is 0 Å². The highest BCUT2D eigenvalue weighted by atomic mass is 14.5. The summed E-state index contributed by atoms with van der Waals surface area (Å²) in [5, 5.41) is 0. The lowest BCUT2D eigenvalue weighted by Crippen LogP contribution is -2.39. The maximum absolute atomic E-state index is 2.49. The van der Waals surface area contributed by atoms with Crippen molar-refractivity contribution in [2.75, 3.05) is 0 Å². The summed E-state index contributed by atoms with van der Waals surface area (Å²) >= 11 is 0. The summed E-state index contributed by atoms with van der Waals surface area (Å²) in [4.78, 5) is 0. The lowest BCUT2D eigenvalue weighted by molar-refractivity contribution is 0.00462. The highest BCUT2D eigenvalue weighted by molar-refractivity contribution is 5.01. The Bertz CT molecular complexity index is 260. The molecule has 0 aliphatic heterocycles. The highest BCUT2D eigenvalue weighted by Crippen LogP contribution is 2.61. The topological polar surface area (TPSA) is 0 Å². The fourth-order valence-electron chi connectivity index (χ4n) is 4.81. The van der Waals surface area contributed by atoms with Crippen LogP contribution in [0.15, 0.2) is 0 Å². The summed E-state index contributed by atoms with van der Waals surface area (Å²) in [6.45, 7) is 9.80. The molecule has 0 aromatic heterocycles. The highest BCUT2D eigenvalue weighted by Gasteiger charge is 2.50. The SMILES string of the molecule is CCCCCC12CCCC(C(C)(C)C)(CC1)CC2. The van der Waals surface area contributed by atoms with Crippen LogP contribution in [0.5, 0.6) is 0 Å². The van der Waals surface area contributed by atoms with Gasteiger partial charge in [-0.3, -0.25) is 0 Å². The average molecular weight is 250 g/mol. The third-order valence-electron chi connectivity index (χ3n) is 6.53. The van der Waals surface area contributed by atoms with Crippen molar-refractivity contribution in [3.63, 3.8) is 0 Å². The van der Waals surface area contributed by atoms with Gasteiger partial charge in [0.25, 0.3) is 0 Å². The lowest BCUT2D eigenvalue weighted by Gasteiger charge is -2.50. The van der Waals surface area contributed by atoms with Gasteiger partial charge in [-0.15, -0.1) is 0 Å².